The van der Waals surface area contributed by atoms with Crippen LogP contribution < -0.4 is 19.5 Å². The summed E-state index contributed by atoms with van der Waals surface area (Å²) in [5, 5.41) is 9.90. The zero-order valence-electron chi connectivity index (χ0n) is 11.1. The number of nitrogens with one attached hydrogen (secondary N) is 1. The maximum Gasteiger partial charge on any atom is 0.326 e. The maximum atomic E-state index is 14.5. The van der Waals surface area contributed by atoms with E-state index in [0.29, 0.717) is 4.31 Å². The lowest BCUT2D eigenvalue weighted by Crippen LogP contribution is -2.30. The highest BCUT2D eigenvalue weighted by Crippen LogP contribution is 2.43. The molecule has 8 nitrogen and oxygen atoms in total. The minimum Gasteiger partial charge on any atom is -0.505 e. The lowest BCUT2D eigenvalue weighted by molar-refractivity contribution is -0.117. The zero-order valence-corrected chi connectivity index (χ0v) is 12.7. The Morgan fingerprint density at radius 1 is 1.55 bits per heavy atom. The molecule has 0 radical (unpaired) electrons. The minimum absolute atomic E-state index is 0. The summed E-state index contributed by atoms with van der Waals surface area (Å²) in [4.78, 5) is 11.2. The highest BCUT2D eigenvalue weighted by Gasteiger charge is 2.39. The molecule has 0 bridgehead atoms. The van der Waals surface area contributed by atoms with E-state index >= 15 is 0 Å². The van der Waals surface area contributed by atoms with Crippen molar-refractivity contribution in [3.8, 4) is 11.5 Å². The van der Waals surface area contributed by atoms with Gasteiger partial charge in [-0.25, -0.2) is 13.4 Å². The molecule has 1 saturated heterocycles. The molecule has 0 saturated carbocycles. The normalized spacial score (nSPS) is 21.8. The van der Waals surface area contributed by atoms with Gasteiger partial charge < -0.3 is 15.6 Å². The average Bonchev–Trinajstić information content (AvgIpc) is 2.90. The number of carbonyl (C=O) groups is 1. The summed E-state index contributed by atoms with van der Waals surface area (Å²) in [5.74, 6) is -2.23. The summed E-state index contributed by atoms with van der Waals surface area (Å²) in [6.45, 7) is -0.432. The van der Waals surface area contributed by atoms with Crippen LogP contribution in [0.3, 0.4) is 0 Å². The summed E-state index contributed by atoms with van der Waals surface area (Å²) in [7, 11) is -4.20. The number of amides is 1. The fourth-order valence-corrected chi connectivity index (χ4v) is 3.57. The largest absolute Gasteiger partial charge is 0.505 e. The minimum atomic E-state index is -4.20. The molecule has 0 unspecified atom stereocenters. The molecule has 3 rings (SSSR count). The van der Waals surface area contributed by atoms with Crippen molar-refractivity contribution in [2.75, 3.05) is 17.4 Å². The molecule has 1 atom stereocenters. The number of benzene rings is 1. The number of hydrogen-bond donors (Lipinski definition) is 3. The number of anilines is 1. The molecule has 2 heterocycles. The van der Waals surface area contributed by atoms with Crippen LogP contribution >= 0.6 is 12.4 Å². The van der Waals surface area contributed by atoms with Crippen molar-refractivity contribution >= 4 is 34.2 Å². The van der Waals surface area contributed by atoms with E-state index in [1.807, 2.05) is 0 Å². The van der Waals surface area contributed by atoms with Crippen molar-refractivity contribution in [3.05, 3.63) is 17.4 Å². The number of phenols is 1. The van der Waals surface area contributed by atoms with Crippen LogP contribution in [0.1, 0.15) is 5.56 Å². The predicted molar refractivity (Wildman–Crippen MR) is 76.9 cm³/mol. The molecular formula is C11H13ClFN3O5S. The number of aromatic hydroxyl groups is 1. The fourth-order valence-electron chi connectivity index (χ4n) is 2.40. The van der Waals surface area contributed by atoms with Crippen LogP contribution in [0.15, 0.2) is 6.07 Å². The van der Waals surface area contributed by atoms with E-state index < -0.39 is 46.0 Å². The number of halogens is 2. The van der Waals surface area contributed by atoms with E-state index in [1.54, 1.807) is 4.72 Å². The van der Waals surface area contributed by atoms with Crippen molar-refractivity contribution in [2.45, 2.75) is 12.5 Å². The van der Waals surface area contributed by atoms with Crippen molar-refractivity contribution < 1.29 is 27.4 Å². The molecule has 11 heteroatoms. The molecule has 22 heavy (non-hydrogen) atoms. The monoisotopic (exact) mass is 353 g/mol. The highest BCUT2D eigenvalue weighted by molar-refractivity contribution is 7.92. The van der Waals surface area contributed by atoms with E-state index in [4.69, 9.17) is 10.5 Å². The molecule has 0 aliphatic carbocycles. The first-order chi connectivity index (χ1) is 9.83. The van der Waals surface area contributed by atoms with E-state index in [1.165, 1.54) is 0 Å². The van der Waals surface area contributed by atoms with E-state index in [-0.39, 0.29) is 36.7 Å². The van der Waals surface area contributed by atoms with Crippen molar-refractivity contribution in [1.29, 1.82) is 0 Å². The number of phenolic OH excluding ortho intramolecular Hbond substituents is 1. The Morgan fingerprint density at radius 2 is 2.23 bits per heavy atom. The fraction of sp³-hybridized carbons (Fsp3) is 0.364. The number of nitrogens with two attached hydrogens (primary N) is 1. The Morgan fingerprint density at radius 3 is 2.77 bits per heavy atom. The quantitative estimate of drug-likeness (QED) is 0.652. The topological polar surface area (TPSA) is 122 Å². The zero-order chi connectivity index (χ0) is 15.4. The smallest absolute Gasteiger partial charge is 0.326 e. The first-order valence-corrected chi connectivity index (χ1v) is 7.52. The molecule has 0 spiro atoms. The summed E-state index contributed by atoms with van der Waals surface area (Å²) in [6, 6.07) is 1.13. The van der Waals surface area contributed by atoms with Gasteiger partial charge >= 0.3 is 10.2 Å². The molecule has 122 valence electrons. The third-order valence-corrected chi connectivity index (χ3v) is 4.72. The van der Waals surface area contributed by atoms with Gasteiger partial charge in [-0.3, -0.25) is 4.79 Å². The highest BCUT2D eigenvalue weighted by atomic mass is 35.5. The van der Waals surface area contributed by atoms with Crippen LogP contribution in [0.4, 0.5) is 10.1 Å². The van der Waals surface area contributed by atoms with E-state index in [0.717, 1.165) is 6.07 Å². The van der Waals surface area contributed by atoms with Crippen molar-refractivity contribution in [3.63, 3.8) is 0 Å². The molecular weight excluding hydrogens is 341 g/mol. The standard InChI is InChI=1S/C11H12FN3O5S.ClH/c12-10-6-1-5(3-13)20-8(6)2-7(16)11(10)15-4-9(17)14-21(15,18)19;/h2,5,16H,1,3-4,13H2,(H,14,17);1H/t5-;/m1./s1. The summed E-state index contributed by atoms with van der Waals surface area (Å²) in [6.07, 6.45) is -0.265. The van der Waals surface area contributed by atoms with Crippen LogP contribution in [-0.4, -0.2) is 38.6 Å². The number of ether oxygens (including phenoxy) is 1. The van der Waals surface area contributed by atoms with Gasteiger partial charge in [-0.2, -0.15) is 8.42 Å². The molecule has 1 aromatic carbocycles. The Balaban J connectivity index is 0.00000176. The second kappa shape index (κ2) is 5.45. The van der Waals surface area contributed by atoms with Gasteiger partial charge in [0.25, 0.3) is 5.91 Å². The summed E-state index contributed by atoms with van der Waals surface area (Å²) in [5.41, 5.74) is 5.02. The van der Waals surface area contributed by atoms with Crippen molar-refractivity contribution in [1.82, 2.24) is 4.72 Å². The van der Waals surface area contributed by atoms with Crippen LogP contribution in [0.25, 0.3) is 0 Å². The van der Waals surface area contributed by atoms with Crippen LogP contribution in [0.2, 0.25) is 0 Å². The lowest BCUT2D eigenvalue weighted by Gasteiger charge is -2.18. The number of fused-ring (bicyclic) bond motifs is 1. The van der Waals surface area contributed by atoms with Gasteiger partial charge in [-0.1, -0.05) is 0 Å². The molecule has 1 aromatic rings. The van der Waals surface area contributed by atoms with Crippen LogP contribution in [0, 0.1) is 5.82 Å². The van der Waals surface area contributed by atoms with Gasteiger partial charge in [0.2, 0.25) is 0 Å². The Hall–Kier alpha value is -1.78. The Bertz CT molecular complexity index is 742. The molecule has 1 fully saturated rings. The Kier molecular flexibility index (Phi) is 4.11. The maximum absolute atomic E-state index is 14.5. The third kappa shape index (κ3) is 2.42. The average molecular weight is 354 g/mol. The number of carbonyl (C=O) groups excluding carboxylic acids is 1. The predicted octanol–water partition coefficient (Wildman–Crippen LogP) is -0.604. The van der Waals surface area contributed by atoms with Gasteiger partial charge in [0.1, 0.15) is 29.8 Å². The first-order valence-electron chi connectivity index (χ1n) is 6.08. The van der Waals surface area contributed by atoms with E-state index in [2.05, 4.69) is 0 Å². The summed E-state index contributed by atoms with van der Waals surface area (Å²) < 4.78 is 45.6. The van der Waals surface area contributed by atoms with Gasteiger partial charge in [0.15, 0.2) is 5.82 Å². The first kappa shape index (κ1) is 16.6. The second-order valence-corrected chi connectivity index (χ2v) is 6.35. The Labute approximate surface area is 131 Å². The van der Waals surface area contributed by atoms with Crippen molar-refractivity contribution in [2.24, 2.45) is 5.73 Å². The number of nitrogens with zero attached hydrogens (tertiary/aromatic N) is 1. The van der Waals surface area contributed by atoms with E-state index in [9.17, 15) is 22.7 Å². The summed E-state index contributed by atoms with van der Waals surface area (Å²) >= 11 is 0. The molecule has 1 amide bonds. The van der Waals surface area contributed by atoms with Gasteiger partial charge in [-0.05, 0) is 0 Å². The molecule has 2 aliphatic rings. The van der Waals surface area contributed by atoms with Gasteiger partial charge in [0.05, 0.1) is 0 Å². The number of rotatable bonds is 2. The van der Waals surface area contributed by atoms with Crippen LogP contribution in [0.5, 0.6) is 11.5 Å². The van der Waals surface area contributed by atoms with Gasteiger partial charge in [0, 0.05) is 24.6 Å². The molecule has 4 N–H and O–H groups in total. The third-order valence-electron chi connectivity index (χ3n) is 3.34. The molecule has 0 aromatic heterocycles. The van der Waals surface area contributed by atoms with Crippen LogP contribution in [-0.2, 0) is 21.4 Å². The second-order valence-electron chi connectivity index (χ2n) is 4.75. The SMILES string of the molecule is Cl.NC[C@H]1Cc2c(cc(O)c(N3CC(=O)NS3(=O)=O)c2F)O1. The lowest BCUT2D eigenvalue weighted by atomic mass is 10.1. The molecule has 2 aliphatic heterocycles. The number of hydrogen-bond acceptors (Lipinski definition) is 6. The van der Waals surface area contributed by atoms with Gasteiger partial charge in [-0.15, -0.1) is 12.4 Å².